The van der Waals surface area contributed by atoms with Crippen LogP contribution in [0, 0.1) is 5.41 Å². The van der Waals surface area contributed by atoms with E-state index in [-0.39, 0.29) is 18.2 Å². The minimum absolute atomic E-state index is 0.0139. The molecule has 0 atom stereocenters. The van der Waals surface area contributed by atoms with E-state index in [2.05, 4.69) is 0 Å². The Bertz CT molecular complexity index is 196. The number of likely N-dealkylation sites (N-methyl/N-ethyl adjacent to an activating group) is 1. The molecule has 0 bridgehead atoms. The summed E-state index contributed by atoms with van der Waals surface area (Å²) in [4.78, 5) is 23.7. The average molecular weight is 141 g/mol. The van der Waals surface area contributed by atoms with E-state index in [9.17, 15) is 9.59 Å². The molecule has 0 spiro atoms. The predicted octanol–water partition coefficient (Wildman–Crippen LogP) is 0.0537. The lowest BCUT2D eigenvalue weighted by molar-refractivity contribution is -0.136. The molecule has 56 valence electrons. The Morgan fingerprint density at radius 1 is 1.40 bits per heavy atom. The lowest BCUT2D eigenvalue weighted by Crippen LogP contribution is -2.29. The van der Waals surface area contributed by atoms with Crippen LogP contribution in [0.15, 0.2) is 0 Å². The van der Waals surface area contributed by atoms with Crippen LogP contribution in [0.25, 0.3) is 0 Å². The maximum Gasteiger partial charge on any atom is 0.235 e. The number of nitrogens with zero attached hydrogens (tertiary/aromatic N) is 1. The van der Waals surface area contributed by atoms with Crippen LogP contribution in [0.5, 0.6) is 0 Å². The first-order valence-corrected chi connectivity index (χ1v) is 3.25. The number of hydrogen-bond donors (Lipinski definition) is 0. The van der Waals surface area contributed by atoms with E-state index >= 15 is 0 Å². The van der Waals surface area contributed by atoms with Gasteiger partial charge in [0.2, 0.25) is 5.91 Å². The fourth-order valence-electron chi connectivity index (χ4n) is 1.08. The van der Waals surface area contributed by atoms with Gasteiger partial charge in [0.25, 0.3) is 0 Å². The Morgan fingerprint density at radius 2 is 1.90 bits per heavy atom. The maximum absolute atomic E-state index is 11.1. The monoisotopic (exact) mass is 141 g/mol. The van der Waals surface area contributed by atoms with Gasteiger partial charge in [0.15, 0.2) is 5.78 Å². The first-order valence-electron chi connectivity index (χ1n) is 3.25. The summed E-state index contributed by atoms with van der Waals surface area (Å²) in [5.74, 6) is -0.0579. The van der Waals surface area contributed by atoms with E-state index < -0.39 is 5.41 Å². The molecular weight excluding hydrogens is 130 g/mol. The van der Waals surface area contributed by atoms with Crippen molar-refractivity contribution in [1.29, 1.82) is 0 Å². The van der Waals surface area contributed by atoms with Gasteiger partial charge in [-0.1, -0.05) is 0 Å². The van der Waals surface area contributed by atoms with Gasteiger partial charge in [-0.3, -0.25) is 9.59 Å². The second kappa shape index (κ2) is 1.81. The smallest absolute Gasteiger partial charge is 0.235 e. The van der Waals surface area contributed by atoms with E-state index in [0.29, 0.717) is 0 Å². The number of likely N-dealkylation sites (tertiary alicyclic amines) is 1. The van der Waals surface area contributed by atoms with Crippen LogP contribution >= 0.6 is 0 Å². The number of Topliss-reactive ketones (excluding diaryl/α,β-unsaturated/α-hetero) is 1. The lowest BCUT2D eigenvalue weighted by Gasteiger charge is -2.12. The zero-order valence-corrected chi connectivity index (χ0v) is 6.47. The zero-order valence-electron chi connectivity index (χ0n) is 6.47. The van der Waals surface area contributed by atoms with Crippen molar-refractivity contribution >= 4 is 11.7 Å². The Balaban J connectivity index is 2.96. The van der Waals surface area contributed by atoms with Crippen molar-refractivity contribution in [2.75, 3.05) is 13.6 Å². The molecule has 0 saturated carbocycles. The molecule has 0 aliphatic carbocycles. The summed E-state index contributed by atoms with van der Waals surface area (Å²) < 4.78 is 0. The third-order valence-corrected chi connectivity index (χ3v) is 1.96. The highest BCUT2D eigenvalue weighted by atomic mass is 16.2. The van der Waals surface area contributed by atoms with Crippen molar-refractivity contribution in [1.82, 2.24) is 4.90 Å². The van der Waals surface area contributed by atoms with E-state index in [4.69, 9.17) is 0 Å². The highest BCUT2D eigenvalue weighted by Gasteiger charge is 2.44. The van der Waals surface area contributed by atoms with Crippen LogP contribution in [0.4, 0.5) is 0 Å². The van der Waals surface area contributed by atoms with Crippen LogP contribution < -0.4 is 0 Å². The SMILES string of the molecule is CN1CC(=O)C(C)(C)C1=O. The molecule has 0 radical (unpaired) electrons. The van der Waals surface area contributed by atoms with Gasteiger partial charge in [-0.15, -0.1) is 0 Å². The van der Waals surface area contributed by atoms with Crippen LogP contribution in [0.1, 0.15) is 13.8 Å². The molecule has 0 aromatic heterocycles. The molecule has 1 amide bonds. The van der Waals surface area contributed by atoms with Crippen LogP contribution in [0.3, 0.4) is 0 Å². The first kappa shape index (κ1) is 7.25. The van der Waals surface area contributed by atoms with Crippen molar-refractivity contribution < 1.29 is 9.59 Å². The molecule has 0 aromatic carbocycles. The van der Waals surface area contributed by atoms with Crippen molar-refractivity contribution in [3.63, 3.8) is 0 Å². The number of rotatable bonds is 0. The predicted molar refractivity (Wildman–Crippen MR) is 36.4 cm³/mol. The fraction of sp³-hybridized carbons (Fsp3) is 0.714. The van der Waals surface area contributed by atoms with Crippen LogP contribution in [-0.4, -0.2) is 30.2 Å². The van der Waals surface area contributed by atoms with Gasteiger partial charge in [-0.2, -0.15) is 0 Å². The summed E-state index contributed by atoms with van der Waals surface area (Å²) in [6.07, 6.45) is 0. The van der Waals surface area contributed by atoms with Crippen molar-refractivity contribution in [3.8, 4) is 0 Å². The van der Waals surface area contributed by atoms with Crippen LogP contribution in [0.2, 0.25) is 0 Å². The van der Waals surface area contributed by atoms with E-state index in [1.807, 2.05) is 0 Å². The summed E-state index contributed by atoms with van der Waals surface area (Å²) in [7, 11) is 1.65. The first-order chi connectivity index (χ1) is 4.46. The van der Waals surface area contributed by atoms with Gasteiger partial charge in [0, 0.05) is 7.05 Å². The van der Waals surface area contributed by atoms with E-state index in [1.165, 1.54) is 4.90 Å². The van der Waals surface area contributed by atoms with Gasteiger partial charge in [-0.25, -0.2) is 0 Å². The normalized spacial score (nSPS) is 24.1. The standard InChI is InChI=1S/C7H11NO2/c1-7(2)5(9)4-8(3)6(7)10/h4H2,1-3H3. The van der Waals surface area contributed by atoms with Gasteiger partial charge >= 0.3 is 0 Å². The van der Waals surface area contributed by atoms with Gasteiger partial charge in [0.1, 0.15) is 5.41 Å². The van der Waals surface area contributed by atoms with Crippen LogP contribution in [-0.2, 0) is 9.59 Å². The molecule has 3 heteroatoms. The average Bonchev–Trinajstić information content (AvgIpc) is 1.97. The molecule has 1 heterocycles. The minimum Gasteiger partial charge on any atom is -0.338 e. The molecule has 1 aliphatic heterocycles. The second-order valence-corrected chi connectivity index (χ2v) is 3.21. The lowest BCUT2D eigenvalue weighted by atomic mass is 9.91. The Kier molecular flexibility index (Phi) is 1.31. The second-order valence-electron chi connectivity index (χ2n) is 3.21. The summed E-state index contributed by atoms with van der Waals surface area (Å²) in [5, 5.41) is 0. The third-order valence-electron chi connectivity index (χ3n) is 1.96. The number of carbonyl (C=O) groups is 2. The number of ketones is 1. The Hall–Kier alpha value is -0.860. The highest BCUT2D eigenvalue weighted by molar-refractivity contribution is 6.11. The Morgan fingerprint density at radius 3 is 2.00 bits per heavy atom. The molecule has 0 unspecified atom stereocenters. The summed E-state index contributed by atoms with van der Waals surface area (Å²) in [6.45, 7) is 3.61. The topological polar surface area (TPSA) is 37.4 Å². The molecule has 0 N–H and O–H groups in total. The molecule has 1 aliphatic rings. The number of hydrogen-bond acceptors (Lipinski definition) is 2. The molecule has 1 fully saturated rings. The van der Waals surface area contributed by atoms with Crippen molar-refractivity contribution in [2.24, 2.45) is 5.41 Å². The summed E-state index contributed by atoms with van der Waals surface area (Å²) in [5.41, 5.74) is -0.769. The molecule has 1 saturated heterocycles. The largest absolute Gasteiger partial charge is 0.338 e. The number of carbonyl (C=O) groups excluding carboxylic acids is 2. The van der Waals surface area contributed by atoms with Gasteiger partial charge in [-0.05, 0) is 13.8 Å². The highest BCUT2D eigenvalue weighted by Crippen LogP contribution is 2.25. The third kappa shape index (κ3) is 0.735. The van der Waals surface area contributed by atoms with Gasteiger partial charge in [0.05, 0.1) is 6.54 Å². The molecule has 0 aromatic rings. The molecule has 3 nitrogen and oxygen atoms in total. The fourth-order valence-corrected chi connectivity index (χ4v) is 1.08. The molecule has 1 rings (SSSR count). The number of amides is 1. The molecular formula is C7H11NO2. The Labute approximate surface area is 60.0 Å². The summed E-state index contributed by atoms with van der Waals surface area (Å²) in [6, 6.07) is 0. The van der Waals surface area contributed by atoms with Crippen molar-refractivity contribution in [2.45, 2.75) is 13.8 Å². The quantitative estimate of drug-likeness (QED) is 0.447. The summed E-state index contributed by atoms with van der Waals surface area (Å²) >= 11 is 0. The maximum atomic E-state index is 11.1. The van der Waals surface area contributed by atoms with E-state index in [1.54, 1.807) is 20.9 Å². The van der Waals surface area contributed by atoms with Crippen molar-refractivity contribution in [3.05, 3.63) is 0 Å². The molecule has 10 heavy (non-hydrogen) atoms. The van der Waals surface area contributed by atoms with E-state index in [0.717, 1.165) is 0 Å². The minimum atomic E-state index is -0.769. The zero-order chi connectivity index (χ0) is 7.94. The van der Waals surface area contributed by atoms with Gasteiger partial charge < -0.3 is 4.90 Å².